The lowest BCUT2D eigenvalue weighted by Gasteiger charge is -2.07. The lowest BCUT2D eigenvalue weighted by atomic mass is 10.1. The summed E-state index contributed by atoms with van der Waals surface area (Å²) in [6.07, 6.45) is 0. The third-order valence-electron chi connectivity index (χ3n) is 2.64. The molecule has 0 aromatic heterocycles. The van der Waals surface area contributed by atoms with E-state index < -0.39 is 0 Å². The van der Waals surface area contributed by atoms with Crippen LogP contribution in [0.1, 0.15) is 16.7 Å². The summed E-state index contributed by atoms with van der Waals surface area (Å²) in [7, 11) is 0. The van der Waals surface area contributed by atoms with Gasteiger partial charge < -0.3 is 5.11 Å². The van der Waals surface area contributed by atoms with Crippen LogP contribution in [0.15, 0.2) is 52.3 Å². The Kier molecular flexibility index (Phi) is 3.87. The van der Waals surface area contributed by atoms with Gasteiger partial charge in [0.2, 0.25) is 0 Å². The van der Waals surface area contributed by atoms with E-state index in [2.05, 4.69) is 44.2 Å². The SMILES string of the molecule is Cc1cccc(Sc2ccc(CO)cc2C)c1. The first-order valence-electron chi connectivity index (χ1n) is 5.64. The lowest BCUT2D eigenvalue weighted by Crippen LogP contribution is -1.86. The van der Waals surface area contributed by atoms with Crippen molar-refractivity contribution in [2.45, 2.75) is 30.2 Å². The summed E-state index contributed by atoms with van der Waals surface area (Å²) < 4.78 is 0. The van der Waals surface area contributed by atoms with E-state index in [1.807, 2.05) is 12.1 Å². The molecule has 0 radical (unpaired) electrons. The van der Waals surface area contributed by atoms with Gasteiger partial charge in [-0.15, -0.1) is 0 Å². The number of aliphatic hydroxyl groups excluding tert-OH is 1. The minimum atomic E-state index is 0.107. The molecule has 0 atom stereocenters. The molecule has 0 unspecified atom stereocenters. The van der Waals surface area contributed by atoms with Gasteiger partial charge in [0.25, 0.3) is 0 Å². The minimum absolute atomic E-state index is 0.107. The molecule has 0 aliphatic rings. The van der Waals surface area contributed by atoms with Gasteiger partial charge in [-0.2, -0.15) is 0 Å². The Bertz CT molecular complexity index is 520. The molecule has 17 heavy (non-hydrogen) atoms. The van der Waals surface area contributed by atoms with Crippen molar-refractivity contribution in [1.82, 2.24) is 0 Å². The molecule has 0 bridgehead atoms. The molecular formula is C15H16OS. The number of benzene rings is 2. The highest BCUT2D eigenvalue weighted by molar-refractivity contribution is 7.99. The fourth-order valence-corrected chi connectivity index (χ4v) is 2.73. The van der Waals surface area contributed by atoms with Crippen molar-refractivity contribution >= 4 is 11.8 Å². The van der Waals surface area contributed by atoms with Crippen LogP contribution in [0.4, 0.5) is 0 Å². The molecule has 0 aliphatic carbocycles. The topological polar surface area (TPSA) is 20.2 Å². The fourth-order valence-electron chi connectivity index (χ4n) is 1.73. The van der Waals surface area contributed by atoms with Gasteiger partial charge in [-0.1, -0.05) is 41.6 Å². The van der Waals surface area contributed by atoms with Crippen LogP contribution in [0.3, 0.4) is 0 Å². The highest BCUT2D eigenvalue weighted by atomic mass is 32.2. The monoisotopic (exact) mass is 244 g/mol. The van der Waals surface area contributed by atoms with Crippen molar-refractivity contribution in [3.05, 3.63) is 59.2 Å². The van der Waals surface area contributed by atoms with Gasteiger partial charge in [0.15, 0.2) is 0 Å². The molecule has 0 amide bonds. The Balaban J connectivity index is 2.24. The Morgan fingerprint density at radius 2 is 1.88 bits per heavy atom. The Hall–Kier alpha value is -1.25. The normalized spacial score (nSPS) is 10.5. The first kappa shape index (κ1) is 12.2. The van der Waals surface area contributed by atoms with Crippen LogP contribution in [0, 0.1) is 13.8 Å². The van der Waals surface area contributed by atoms with Gasteiger partial charge in [-0.25, -0.2) is 0 Å². The van der Waals surface area contributed by atoms with Crippen LogP contribution < -0.4 is 0 Å². The highest BCUT2D eigenvalue weighted by Crippen LogP contribution is 2.31. The molecule has 2 heteroatoms. The van der Waals surface area contributed by atoms with Crippen LogP contribution in [0.5, 0.6) is 0 Å². The number of hydrogen-bond acceptors (Lipinski definition) is 2. The van der Waals surface area contributed by atoms with Crippen LogP contribution >= 0.6 is 11.8 Å². The molecule has 2 aromatic carbocycles. The largest absolute Gasteiger partial charge is 0.392 e. The van der Waals surface area contributed by atoms with Crippen LogP contribution in [-0.2, 0) is 6.61 Å². The summed E-state index contributed by atoms with van der Waals surface area (Å²) in [5.74, 6) is 0. The zero-order chi connectivity index (χ0) is 12.3. The summed E-state index contributed by atoms with van der Waals surface area (Å²) in [6.45, 7) is 4.29. The van der Waals surface area contributed by atoms with E-state index >= 15 is 0 Å². The van der Waals surface area contributed by atoms with E-state index in [4.69, 9.17) is 5.11 Å². The van der Waals surface area contributed by atoms with Gasteiger partial charge in [0, 0.05) is 9.79 Å². The first-order chi connectivity index (χ1) is 8.19. The van der Waals surface area contributed by atoms with Gasteiger partial charge >= 0.3 is 0 Å². The van der Waals surface area contributed by atoms with Crippen molar-refractivity contribution in [3.8, 4) is 0 Å². The maximum Gasteiger partial charge on any atom is 0.0681 e. The fraction of sp³-hybridized carbons (Fsp3) is 0.200. The standard InChI is InChI=1S/C15H16OS/c1-11-4-3-5-14(8-11)17-15-7-6-13(10-16)9-12(15)2/h3-9,16H,10H2,1-2H3. The molecule has 1 N–H and O–H groups in total. The summed E-state index contributed by atoms with van der Waals surface area (Å²) >= 11 is 1.77. The third kappa shape index (κ3) is 3.11. The number of aliphatic hydroxyl groups is 1. The lowest BCUT2D eigenvalue weighted by molar-refractivity contribution is 0.281. The second-order valence-corrected chi connectivity index (χ2v) is 5.29. The predicted molar refractivity (Wildman–Crippen MR) is 72.4 cm³/mol. The molecule has 2 rings (SSSR count). The molecule has 0 spiro atoms. The second-order valence-electron chi connectivity index (χ2n) is 4.18. The number of hydrogen-bond donors (Lipinski definition) is 1. The quantitative estimate of drug-likeness (QED) is 0.882. The molecular weight excluding hydrogens is 228 g/mol. The number of rotatable bonds is 3. The average Bonchev–Trinajstić information content (AvgIpc) is 2.32. The zero-order valence-corrected chi connectivity index (χ0v) is 10.9. The van der Waals surface area contributed by atoms with Crippen molar-refractivity contribution in [3.63, 3.8) is 0 Å². The van der Waals surface area contributed by atoms with Crippen molar-refractivity contribution in [2.75, 3.05) is 0 Å². The minimum Gasteiger partial charge on any atom is -0.392 e. The smallest absolute Gasteiger partial charge is 0.0681 e. The van der Waals surface area contributed by atoms with E-state index in [9.17, 15) is 0 Å². The highest BCUT2D eigenvalue weighted by Gasteiger charge is 2.02. The summed E-state index contributed by atoms with van der Waals surface area (Å²) in [5.41, 5.74) is 3.46. The maximum atomic E-state index is 9.07. The van der Waals surface area contributed by atoms with Crippen LogP contribution in [0.2, 0.25) is 0 Å². The molecule has 0 saturated carbocycles. The second kappa shape index (κ2) is 5.39. The van der Waals surface area contributed by atoms with E-state index in [1.54, 1.807) is 11.8 Å². The Labute approximate surface area is 107 Å². The van der Waals surface area contributed by atoms with Crippen molar-refractivity contribution < 1.29 is 5.11 Å². The summed E-state index contributed by atoms with van der Waals surface area (Å²) in [6, 6.07) is 14.6. The third-order valence-corrected chi connectivity index (χ3v) is 3.81. The zero-order valence-electron chi connectivity index (χ0n) is 10.1. The van der Waals surface area contributed by atoms with E-state index in [-0.39, 0.29) is 6.61 Å². The molecule has 0 saturated heterocycles. The molecule has 88 valence electrons. The van der Waals surface area contributed by atoms with Crippen LogP contribution in [0.25, 0.3) is 0 Å². The van der Waals surface area contributed by atoms with Gasteiger partial charge in [-0.3, -0.25) is 0 Å². The molecule has 0 fully saturated rings. The molecule has 2 aromatic rings. The van der Waals surface area contributed by atoms with Crippen molar-refractivity contribution in [1.29, 1.82) is 0 Å². The van der Waals surface area contributed by atoms with Crippen molar-refractivity contribution in [2.24, 2.45) is 0 Å². The van der Waals surface area contributed by atoms with Gasteiger partial charge in [0.05, 0.1) is 6.61 Å². The molecule has 0 aliphatic heterocycles. The van der Waals surface area contributed by atoms with Crippen LogP contribution in [-0.4, -0.2) is 5.11 Å². The summed E-state index contributed by atoms with van der Waals surface area (Å²) in [5, 5.41) is 9.07. The Morgan fingerprint density at radius 3 is 2.53 bits per heavy atom. The van der Waals surface area contributed by atoms with E-state index in [0.717, 1.165) is 5.56 Å². The average molecular weight is 244 g/mol. The van der Waals surface area contributed by atoms with E-state index in [0.29, 0.717) is 0 Å². The molecule has 0 heterocycles. The Morgan fingerprint density at radius 1 is 1.06 bits per heavy atom. The summed E-state index contributed by atoms with van der Waals surface area (Å²) in [4.78, 5) is 2.50. The number of aryl methyl sites for hydroxylation is 2. The first-order valence-corrected chi connectivity index (χ1v) is 6.45. The maximum absolute atomic E-state index is 9.07. The molecule has 1 nitrogen and oxygen atoms in total. The van der Waals surface area contributed by atoms with E-state index in [1.165, 1.54) is 20.9 Å². The van der Waals surface area contributed by atoms with Gasteiger partial charge in [-0.05, 0) is 43.2 Å². The predicted octanol–water partition coefficient (Wildman–Crippen LogP) is 3.95. The van der Waals surface area contributed by atoms with Gasteiger partial charge in [0.1, 0.15) is 0 Å².